The van der Waals surface area contributed by atoms with Crippen LogP contribution in [0.25, 0.3) is 0 Å². The number of ether oxygens (including phenoxy) is 1. The van der Waals surface area contributed by atoms with Crippen LogP contribution in [0.4, 0.5) is 5.69 Å². The van der Waals surface area contributed by atoms with Crippen molar-refractivity contribution < 1.29 is 29.6 Å². The monoisotopic (exact) mass is 539 g/mol. The van der Waals surface area contributed by atoms with Crippen LogP contribution in [0.2, 0.25) is 5.02 Å². The number of aliphatic hydroxyl groups is 1. The van der Waals surface area contributed by atoms with Crippen molar-refractivity contribution >= 4 is 29.2 Å². The topological polar surface area (TPSA) is 107 Å². The molecule has 0 radical (unpaired) electrons. The molecule has 5 atom stereocenters. The zero-order chi connectivity index (χ0) is 27.0. The van der Waals surface area contributed by atoms with Gasteiger partial charge in [-0.1, -0.05) is 29.8 Å². The fraction of sp³-hybridized carbons (Fsp3) is 0.467. The quantitative estimate of drug-likeness (QED) is 0.404. The number of carboxylic acid groups (broad SMARTS) is 2. The molecule has 1 aliphatic heterocycles. The molecular formula is C30H34ClNO6. The Hall–Kier alpha value is -3.03. The SMILES string of the molecule is C=C[C@H](O)[C@@H]1CC[C@H]1CN1C[C@@]2(CCCc3cc(Cl)ccc32)COc2ccc(C(CC(=O)O)C(=O)O)cc21. The number of anilines is 1. The molecule has 2 aromatic carbocycles. The van der Waals surface area contributed by atoms with Gasteiger partial charge in [0.15, 0.2) is 0 Å². The molecule has 0 bridgehead atoms. The number of halogens is 1. The van der Waals surface area contributed by atoms with Gasteiger partial charge in [0.1, 0.15) is 5.75 Å². The third-order valence-electron chi connectivity index (χ3n) is 8.75. The number of rotatable bonds is 8. The minimum absolute atomic E-state index is 0.121. The molecule has 0 saturated heterocycles. The van der Waals surface area contributed by atoms with Gasteiger partial charge < -0.3 is 25.0 Å². The number of benzene rings is 2. The van der Waals surface area contributed by atoms with Gasteiger partial charge in [0.25, 0.3) is 0 Å². The van der Waals surface area contributed by atoms with Crippen molar-refractivity contribution in [3.8, 4) is 5.75 Å². The number of fused-ring (bicyclic) bond motifs is 3. The molecule has 8 heteroatoms. The fourth-order valence-electron chi connectivity index (χ4n) is 6.60. The van der Waals surface area contributed by atoms with Crippen LogP contribution in [0.15, 0.2) is 49.1 Å². The Morgan fingerprint density at radius 3 is 2.71 bits per heavy atom. The first-order valence-electron chi connectivity index (χ1n) is 13.3. The normalized spacial score (nSPS) is 25.7. The Morgan fingerprint density at radius 1 is 1.21 bits per heavy atom. The van der Waals surface area contributed by atoms with Gasteiger partial charge in [0, 0.05) is 23.5 Å². The highest BCUT2D eigenvalue weighted by atomic mass is 35.5. The van der Waals surface area contributed by atoms with Crippen LogP contribution >= 0.6 is 11.6 Å². The summed E-state index contributed by atoms with van der Waals surface area (Å²) in [4.78, 5) is 25.7. The molecule has 1 unspecified atom stereocenters. The van der Waals surface area contributed by atoms with E-state index >= 15 is 0 Å². The van der Waals surface area contributed by atoms with Gasteiger partial charge in [-0.2, -0.15) is 0 Å². The lowest BCUT2D eigenvalue weighted by molar-refractivity contribution is -0.145. The van der Waals surface area contributed by atoms with Crippen molar-refractivity contribution in [1.29, 1.82) is 0 Å². The molecule has 5 rings (SSSR count). The molecule has 38 heavy (non-hydrogen) atoms. The third-order valence-corrected chi connectivity index (χ3v) is 8.99. The van der Waals surface area contributed by atoms with E-state index in [-0.39, 0.29) is 17.3 Å². The van der Waals surface area contributed by atoms with E-state index in [4.69, 9.17) is 16.3 Å². The van der Waals surface area contributed by atoms with Crippen LogP contribution in [0.5, 0.6) is 5.75 Å². The van der Waals surface area contributed by atoms with Crippen LogP contribution < -0.4 is 9.64 Å². The molecule has 3 N–H and O–H groups in total. The number of aliphatic hydroxyl groups excluding tert-OH is 1. The Balaban J connectivity index is 1.56. The molecule has 3 aliphatic rings. The van der Waals surface area contributed by atoms with Crippen molar-refractivity contribution in [2.45, 2.75) is 56.0 Å². The Labute approximate surface area is 227 Å². The summed E-state index contributed by atoms with van der Waals surface area (Å²) >= 11 is 6.34. The predicted octanol–water partition coefficient (Wildman–Crippen LogP) is 5.03. The van der Waals surface area contributed by atoms with Crippen molar-refractivity contribution in [2.75, 3.05) is 24.6 Å². The zero-order valence-electron chi connectivity index (χ0n) is 21.3. The van der Waals surface area contributed by atoms with Gasteiger partial charge in [-0.25, -0.2) is 0 Å². The van der Waals surface area contributed by atoms with Crippen LogP contribution in [-0.2, 0) is 21.4 Å². The maximum atomic E-state index is 12.0. The molecule has 202 valence electrons. The lowest BCUT2D eigenvalue weighted by atomic mass is 9.68. The Morgan fingerprint density at radius 2 is 2.03 bits per heavy atom. The molecule has 0 amide bonds. The summed E-state index contributed by atoms with van der Waals surface area (Å²) in [5.41, 5.74) is 3.40. The van der Waals surface area contributed by atoms with E-state index in [0.717, 1.165) is 37.8 Å². The van der Waals surface area contributed by atoms with Crippen LogP contribution in [-0.4, -0.2) is 53.1 Å². The maximum Gasteiger partial charge on any atom is 0.311 e. The molecule has 1 fully saturated rings. The molecular weight excluding hydrogens is 506 g/mol. The summed E-state index contributed by atoms with van der Waals surface area (Å²) in [6, 6.07) is 11.3. The standard InChI is InChI=1S/C30H34ClNO6/c1-2-26(33)22-8-5-20(22)15-32-16-30(11-3-4-19-12-21(31)7-9-24(19)30)17-38-27-10-6-18(13-25(27)32)23(29(36)37)14-28(34)35/h2,6-7,9-10,12-13,20,22-23,26,33H,1,3-5,8,11,14-17H2,(H,34,35)(H,36,37)/t20-,22+,23?,26-,30-/m0/s1. The van der Waals surface area contributed by atoms with Crippen LogP contribution in [0, 0.1) is 11.8 Å². The van der Waals surface area contributed by atoms with E-state index < -0.39 is 30.4 Å². The van der Waals surface area contributed by atoms with Crippen molar-refractivity contribution in [3.63, 3.8) is 0 Å². The third kappa shape index (κ3) is 5.02. The lowest BCUT2D eigenvalue weighted by Gasteiger charge is -2.45. The molecule has 2 aliphatic carbocycles. The van der Waals surface area contributed by atoms with Gasteiger partial charge in [-0.3, -0.25) is 9.59 Å². The average Bonchev–Trinajstić information content (AvgIpc) is 3.01. The van der Waals surface area contributed by atoms with Gasteiger partial charge in [0.2, 0.25) is 0 Å². The second kappa shape index (κ2) is 10.6. The maximum absolute atomic E-state index is 12.0. The second-order valence-electron chi connectivity index (χ2n) is 11.0. The van der Waals surface area contributed by atoms with Crippen LogP contribution in [0.1, 0.15) is 54.7 Å². The first kappa shape index (κ1) is 26.6. The summed E-state index contributed by atoms with van der Waals surface area (Å²) < 4.78 is 6.46. The number of hydrogen-bond acceptors (Lipinski definition) is 5. The molecule has 7 nitrogen and oxygen atoms in total. The number of aliphatic carboxylic acids is 2. The highest BCUT2D eigenvalue weighted by Gasteiger charge is 2.44. The highest BCUT2D eigenvalue weighted by Crippen LogP contribution is 2.47. The van der Waals surface area contributed by atoms with Gasteiger partial charge >= 0.3 is 11.9 Å². The minimum atomic E-state index is -1.17. The van der Waals surface area contributed by atoms with Gasteiger partial charge in [-0.05, 0) is 84.9 Å². The smallest absolute Gasteiger partial charge is 0.311 e. The highest BCUT2D eigenvalue weighted by molar-refractivity contribution is 6.30. The summed E-state index contributed by atoms with van der Waals surface area (Å²) in [5, 5.41) is 30.3. The number of carbonyl (C=O) groups is 2. The molecule has 1 saturated carbocycles. The van der Waals surface area contributed by atoms with E-state index in [1.54, 1.807) is 24.3 Å². The van der Waals surface area contributed by atoms with Crippen LogP contribution in [0.3, 0.4) is 0 Å². The summed E-state index contributed by atoms with van der Waals surface area (Å²) in [6.45, 7) is 5.59. The molecule has 1 heterocycles. The van der Waals surface area contributed by atoms with E-state index in [1.807, 2.05) is 12.1 Å². The lowest BCUT2D eigenvalue weighted by Crippen LogP contribution is -2.49. The average molecular weight is 540 g/mol. The fourth-order valence-corrected chi connectivity index (χ4v) is 6.79. The van der Waals surface area contributed by atoms with E-state index in [0.29, 0.717) is 36.0 Å². The molecule has 2 aromatic rings. The molecule has 0 aromatic heterocycles. The van der Waals surface area contributed by atoms with E-state index in [2.05, 4.69) is 17.5 Å². The Kier molecular flexibility index (Phi) is 7.43. The minimum Gasteiger partial charge on any atom is -0.490 e. The van der Waals surface area contributed by atoms with Crippen molar-refractivity contribution in [1.82, 2.24) is 0 Å². The number of carboxylic acids is 2. The summed E-state index contributed by atoms with van der Waals surface area (Å²) in [5.74, 6) is -2.46. The Bertz CT molecular complexity index is 1250. The van der Waals surface area contributed by atoms with Gasteiger partial charge in [-0.15, -0.1) is 6.58 Å². The summed E-state index contributed by atoms with van der Waals surface area (Å²) in [6.07, 6.45) is 5.36. The molecule has 1 spiro atoms. The van der Waals surface area contributed by atoms with Crippen molar-refractivity contribution in [3.05, 3.63) is 70.8 Å². The van der Waals surface area contributed by atoms with E-state index in [9.17, 15) is 24.9 Å². The number of hydrogen-bond donors (Lipinski definition) is 3. The second-order valence-corrected chi connectivity index (χ2v) is 11.5. The predicted molar refractivity (Wildman–Crippen MR) is 145 cm³/mol. The van der Waals surface area contributed by atoms with Gasteiger partial charge in [0.05, 0.1) is 30.7 Å². The number of nitrogens with zero attached hydrogens (tertiary/aromatic N) is 1. The largest absolute Gasteiger partial charge is 0.490 e. The first-order valence-corrected chi connectivity index (χ1v) is 13.6. The van der Waals surface area contributed by atoms with E-state index in [1.165, 1.54) is 11.1 Å². The number of aryl methyl sites for hydroxylation is 1. The zero-order valence-corrected chi connectivity index (χ0v) is 22.1. The first-order chi connectivity index (χ1) is 18.2. The summed E-state index contributed by atoms with van der Waals surface area (Å²) in [7, 11) is 0. The van der Waals surface area contributed by atoms with Crippen molar-refractivity contribution in [2.24, 2.45) is 11.8 Å².